The Morgan fingerprint density at radius 3 is 2.40 bits per heavy atom. The summed E-state index contributed by atoms with van der Waals surface area (Å²) < 4.78 is 0. The molecule has 0 bridgehead atoms. The van der Waals surface area contributed by atoms with Gasteiger partial charge in [-0.1, -0.05) is 18.2 Å². The van der Waals surface area contributed by atoms with E-state index in [-0.39, 0.29) is 17.3 Å². The van der Waals surface area contributed by atoms with Gasteiger partial charge in [-0.25, -0.2) is 14.8 Å². The van der Waals surface area contributed by atoms with Gasteiger partial charge in [0, 0.05) is 25.3 Å². The van der Waals surface area contributed by atoms with Gasteiger partial charge in [-0.15, -0.1) is 0 Å². The van der Waals surface area contributed by atoms with Crippen LogP contribution in [0.4, 0.5) is 5.69 Å². The van der Waals surface area contributed by atoms with Gasteiger partial charge < -0.3 is 15.3 Å². The van der Waals surface area contributed by atoms with Crippen molar-refractivity contribution in [1.82, 2.24) is 15.3 Å². The number of nitrogens with zero attached hydrogens (tertiary/aromatic N) is 3. The third-order valence-corrected chi connectivity index (χ3v) is 4.23. The van der Waals surface area contributed by atoms with Gasteiger partial charge in [0.15, 0.2) is 5.69 Å². The van der Waals surface area contributed by atoms with Gasteiger partial charge in [0.2, 0.25) is 0 Å². The monoisotopic (exact) mass is 340 g/mol. The zero-order chi connectivity index (χ0) is 17.6. The highest BCUT2D eigenvalue weighted by molar-refractivity contribution is 5.92. The van der Waals surface area contributed by atoms with E-state index in [0.717, 1.165) is 30.5 Å². The molecular weight excluding hydrogens is 320 g/mol. The third kappa shape index (κ3) is 4.12. The van der Waals surface area contributed by atoms with Crippen molar-refractivity contribution < 1.29 is 14.7 Å². The Balaban J connectivity index is 1.67. The van der Waals surface area contributed by atoms with E-state index in [4.69, 9.17) is 5.11 Å². The highest BCUT2D eigenvalue weighted by Crippen LogP contribution is 2.24. The lowest BCUT2D eigenvalue weighted by atomic mass is 10.1. The van der Waals surface area contributed by atoms with Crippen LogP contribution >= 0.6 is 0 Å². The first-order valence-corrected chi connectivity index (χ1v) is 8.31. The Labute approximate surface area is 145 Å². The van der Waals surface area contributed by atoms with Crippen molar-refractivity contribution in [3.63, 3.8) is 0 Å². The molecule has 1 fully saturated rings. The smallest absolute Gasteiger partial charge is 0.356 e. The number of carbonyl (C=O) groups excluding carboxylic acids is 1. The van der Waals surface area contributed by atoms with Crippen LogP contribution in [0.1, 0.15) is 45.8 Å². The molecule has 0 saturated carbocycles. The van der Waals surface area contributed by atoms with Crippen LogP contribution in [0.2, 0.25) is 0 Å². The molecule has 130 valence electrons. The SMILES string of the molecule is O=C(O)c1cnc(C(=O)NCc2ccccc2N2CCCCC2)cn1. The fourth-order valence-electron chi connectivity index (χ4n) is 2.93. The number of hydrogen-bond donors (Lipinski definition) is 2. The number of benzene rings is 1. The molecule has 1 saturated heterocycles. The van der Waals surface area contributed by atoms with E-state index in [1.165, 1.54) is 25.5 Å². The minimum absolute atomic E-state index is 0.0976. The summed E-state index contributed by atoms with van der Waals surface area (Å²) in [5.41, 5.74) is 2.11. The van der Waals surface area contributed by atoms with Crippen molar-refractivity contribution in [2.45, 2.75) is 25.8 Å². The fourth-order valence-corrected chi connectivity index (χ4v) is 2.93. The molecule has 2 aromatic rings. The number of para-hydroxylation sites is 1. The number of amides is 1. The summed E-state index contributed by atoms with van der Waals surface area (Å²) in [6, 6.07) is 8.04. The maximum atomic E-state index is 12.2. The lowest BCUT2D eigenvalue weighted by molar-refractivity contribution is 0.0689. The van der Waals surface area contributed by atoms with Crippen LogP contribution in [0.3, 0.4) is 0 Å². The van der Waals surface area contributed by atoms with Crippen LogP contribution in [0, 0.1) is 0 Å². The van der Waals surface area contributed by atoms with Crippen LogP contribution in [0.25, 0.3) is 0 Å². The number of rotatable bonds is 5. The summed E-state index contributed by atoms with van der Waals surface area (Å²) in [6.45, 7) is 2.45. The number of hydrogen-bond acceptors (Lipinski definition) is 5. The van der Waals surface area contributed by atoms with Crippen LogP contribution in [-0.2, 0) is 6.54 Å². The lowest BCUT2D eigenvalue weighted by Crippen LogP contribution is -2.31. The summed E-state index contributed by atoms with van der Waals surface area (Å²) >= 11 is 0. The van der Waals surface area contributed by atoms with Crippen LogP contribution in [0.15, 0.2) is 36.7 Å². The molecule has 1 aromatic carbocycles. The zero-order valence-electron chi connectivity index (χ0n) is 13.8. The van der Waals surface area contributed by atoms with E-state index in [0.29, 0.717) is 6.54 Å². The second kappa shape index (κ2) is 7.74. The van der Waals surface area contributed by atoms with Crippen LogP contribution in [0.5, 0.6) is 0 Å². The van der Waals surface area contributed by atoms with Crippen molar-refractivity contribution in [3.05, 3.63) is 53.6 Å². The van der Waals surface area contributed by atoms with Crippen molar-refractivity contribution >= 4 is 17.6 Å². The molecule has 2 N–H and O–H groups in total. The molecule has 0 radical (unpaired) electrons. The predicted octanol–water partition coefficient (Wildman–Crippen LogP) is 2.10. The summed E-state index contributed by atoms with van der Waals surface area (Å²) in [4.78, 5) is 32.9. The molecule has 1 aliphatic heterocycles. The third-order valence-electron chi connectivity index (χ3n) is 4.23. The Kier molecular flexibility index (Phi) is 5.23. The van der Waals surface area contributed by atoms with Crippen molar-refractivity contribution in [3.8, 4) is 0 Å². The number of carboxylic acids is 1. The first kappa shape index (κ1) is 16.9. The number of piperidine rings is 1. The van der Waals surface area contributed by atoms with Gasteiger partial charge in [-0.05, 0) is 30.9 Å². The quantitative estimate of drug-likeness (QED) is 0.865. The van der Waals surface area contributed by atoms with E-state index >= 15 is 0 Å². The second-order valence-corrected chi connectivity index (χ2v) is 5.95. The standard InChI is InChI=1S/C18H20N4O3/c23-17(14-11-20-15(12-19-14)18(24)25)21-10-13-6-2-3-7-16(13)22-8-4-1-5-9-22/h2-3,6-7,11-12H,1,4-5,8-10H2,(H,21,23)(H,24,25). The predicted molar refractivity (Wildman–Crippen MR) is 92.7 cm³/mol. The van der Waals surface area contributed by atoms with Gasteiger partial charge in [0.25, 0.3) is 5.91 Å². The largest absolute Gasteiger partial charge is 0.476 e. The maximum absolute atomic E-state index is 12.2. The average molecular weight is 340 g/mol. The molecule has 25 heavy (non-hydrogen) atoms. The van der Waals surface area contributed by atoms with Gasteiger partial charge in [0.1, 0.15) is 5.69 Å². The minimum Gasteiger partial charge on any atom is -0.476 e. The molecule has 7 heteroatoms. The zero-order valence-corrected chi connectivity index (χ0v) is 13.8. The normalized spacial score (nSPS) is 14.2. The van der Waals surface area contributed by atoms with Gasteiger partial charge >= 0.3 is 5.97 Å². The molecule has 0 aliphatic carbocycles. The Hall–Kier alpha value is -2.96. The Morgan fingerprint density at radius 2 is 1.72 bits per heavy atom. The van der Waals surface area contributed by atoms with E-state index in [1.807, 2.05) is 18.2 Å². The first-order valence-electron chi connectivity index (χ1n) is 8.31. The van der Waals surface area contributed by atoms with Crippen molar-refractivity contribution in [2.24, 2.45) is 0 Å². The summed E-state index contributed by atoms with van der Waals surface area (Å²) in [5, 5.41) is 11.6. The Morgan fingerprint density at radius 1 is 1.04 bits per heavy atom. The maximum Gasteiger partial charge on any atom is 0.356 e. The average Bonchev–Trinajstić information content (AvgIpc) is 2.67. The van der Waals surface area contributed by atoms with E-state index < -0.39 is 5.97 Å². The molecule has 7 nitrogen and oxygen atoms in total. The summed E-state index contributed by atoms with van der Waals surface area (Å²) in [6.07, 6.45) is 5.90. The highest BCUT2D eigenvalue weighted by Gasteiger charge is 2.15. The number of aromatic carboxylic acids is 1. The number of carboxylic acid groups (broad SMARTS) is 1. The highest BCUT2D eigenvalue weighted by atomic mass is 16.4. The molecule has 0 spiro atoms. The molecule has 2 heterocycles. The molecule has 0 unspecified atom stereocenters. The number of aromatic nitrogens is 2. The van der Waals surface area contributed by atoms with E-state index in [9.17, 15) is 9.59 Å². The van der Waals surface area contributed by atoms with Crippen LogP contribution < -0.4 is 10.2 Å². The molecule has 0 atom stereocenters. The van der Waals surface area contributed by atoms with Gasteiger partial charge in [-0.3, -0.25) is 4.79 Å². The van der Waals surface area contributed by atoms with E-state index in [1.54, 1.807) is 0 Å². The molecule has 3 rings (SSSR count). The van der Waals surface area contributed by atoms with Crippen molar-refractivity contribution in [1.29, 1.82) is 0 Å². The minimum atomic E-state index is -1.17. The van der Waals surface area contributed by atoms with Crippen LogP contribution in [-0.4, -0.2) is 40.0 Å². The number of carbonyl (C=O) groups is 2. The Bertz CT molecular complexity index is 755. The topological polar surface area (TPSA) is 95.4 Å². The molecule has 1 aliphatic rings. The first-order chi connectivity index (χ1) is 12.1. The van der Waals surface area contributed by atoms with Gasteiger partial charge in [-0.2, -0.15) is 0 Å². The summed E-state index contributed by atoms with van der Waals surface area (Å²) in [5.74, 6) is -1.55. The van der Waals surface area contributed by atoms with Crippen molar-refractivity contribution in [2.75, 3.05) is 18.0 Å². The number of anilines is 1. The van der Waals surface area contributed by atoms with Gasteiger partial charge in [0.05, 0.1) is 12.4 Å². The summed E-state index contributed by atoms with van der Waals surface area (Å²) in [7, 11) is 0. The molecule has 1 amide bonds. The van der Waals surface area contributed by atoms with E-state index in [2.05, 4.69) is 26.3 Å². The molecular formula is C18H20N4O3. The number of nitrogens with one attached hydrogen (secondary N) is 1. The molecule has 1 aromatic heterocycles. The lowest BCUT2D eigenvalue weighted by Gasteiger charge is -2.30. The second-order valence-electron chi connectivity index (χ2n) is 5.95. The fraction of sp³-hybridized carbons (Fsp3) is 0.333.